The highest BCUT2D eigenvalue weighted by atomic mass is 35.5. The fraction of sp³-hybridized carbons (Fsp3) is 0.200. The molecule has 0 saturated heterocycles. The third-order valence-electron chi connectivity index (χ3n) is 2.96. The zero-order chi connectivity index (χ0) is 13.1. The van der Waals surface area contributed by atoms with E-state index in [1.165, 1.54) is 12.1 Å². The van der Waals surface area contributed by atoms with Crippen molar-refractivity contribution in [1.82, 2.24) is 0 Å². The number of aliphatic hydroxyl groups excluding tert-OH is 1. The summed E-state index contributed by atoms with van der Waals surface area (Å²) < 4.78 is 13.3. The van der Waals surface area contributed by atoms with Crippen molar-refractivity contribution in [3.8, 4) is 0 Å². The minimum atomic E-state index is -0.633. The number of hydrogen-bond donors (Lipinski definition) is 1. The molecule has 0 radical (unpaired) electrons. The van der Waals surface area contributed by atoms with Crippen LogP contribution in [0.1, 0.15) is 22.8 Å². The number of halogens is 2. The fourth-order valence-corrected chi connectivity index (χ4v) is 2.08. The molecule has 0 fully saturated rings. The van der Waals surface area contributed by atoms with Crippen LogP contribution in [0, 0.1) is 12.7 Å². The maximum atomic E-state index is 13.3. The lowest BCUT2D eigenvalue weighted by molar-refractivity contribution is 0.177. The highest BCUT2D eigenvalue weighted by Gasteiger charge is 2.11. The SMILES string of the molecule is Cc1ccccc1C(O)Cc1ccc(Cl)c(F)c1. The Labute approximate surface area is 111 Å². The molecular weight excluding hydrogens is 251 g/mol. The third kappa shape index (κ3) is 2.89. The van der Waals surface area contributed by atoms with Gasteiger partial charge in [-0.05, 0) is 35.7 Å². The molecule has 0 aliphatic carbocycles. The zero-order valence-electron chi connectivity index (χ0n) is 10.0. The molecule has 0 bridgehead atoms. The molecule has 18 heavy (non-hydrogen) atoms. The molecule has 3 heteroatoms. The van der Waals surface area contributed by atoms with Gasteiger partial charge in [-0.3, -0.25) is 0 Å². The van der Waals surface area contributed by atoms with Crippen molar-refractivity contribution >= 4 is 11.6 Å². The van der Waals surface area contributed by atoms with Crippen LogP contribution in [-0.4, -0.2) is 5.11 Å². The Morgan fingerprint density at radius 2 is 1.94 bits per heavy atom. The average Bonchev–Trinajstić information content (AvgIpc) is 2.34. The molecule has 0 spiro atoms. The summed E-state index contributed by atoms with van der Waals surface area (Å²) in [5, 5.41) is 10.3. The summed E-state index contributed by atoms with van der Waals surface area (Å²) in [5.74, 6) is -0.453. The number of aryl methyl sites for hydroxylation is 1. The van der Waals surface area contributed by atoms with Crippen molar-refractivity contribution in [1.29, 1.82) is 0 Å². The van der Waals surface area contributed by atoms with Crippen LogP contribution < -0.4 is 0 Å². The number of rotatable bonds is 3. The molecule has 1 atom stereocenters. The molecule has 94 valence electrons. The maximum Gasteiger partial charge on any atom is 0.142 e. The summed E-state index contributed by atoms with van der Waals surface area (Å²) in [6, 6.07) is 12.2. The van der Waals surface area contributed by atoms with Crippen molar-refractivity contribution in [2.24, 2.45) is 0 Å². The highest BCUT2D eigenvalue weighted by Crippen LogP contribution is 2.23. The molecule has 2 aromatic rings. The molecule has 1 nitrogen and oxygen atoms in total. The van der Waals surface area contributed by atoms with Crippen molar-refractivity contribution in [3.05, 3.63) is 70.0 Å². The van der Waals surface area contributed by atoms with Crippen LogP contribution in [0.5, 0.6) is 0 Å². The summed E-state index contributed by atoms with van der Waals surface area (Å²) in [7, 11) is 0. The first-order valence-corrected chi connectivity index (χ1v) is 6.13. The quantitative estimate of drug-likeness (QED) is 0.886. The van der Waals surface area contributed by atoms with Gasteiger partial charge in [-0.15, -0.1) is 0 Å². The first-order valence-electron chi connectivity index (χ1n) is 5.75. The van der Waals surface area contributed by atoms with E-state index in [1.807, 2.05) is 31.2 Å². The van der Waals surface area contributed by atoms with Crippen molar-refractivity contribution in [2.45, 2.75) is 19.4 Å². The second-order valence-corrected chi connectivity index (χ2v) is 4.73. The van der Waals surface area contributed by atoms with E-state index < -0.39 is 11.9 Å². The van der Waals surface area contributed by atoms with Crippen LogP contribution in [0.25, 0.3) is 0 Å². The van der Waals surface area contributed by atoms with Gasteiger partial charge in [0, 0.05) is 6.42 Å². The Morgan fingerprint density at radius 3 is 2.61 bits per heavy atom. The van der Waals surface area contributed by atoms with Crippen molar-refractivity contribution < 1.29 is 9.50 Å². The maximum absolute atomic E-state index is 13.3. The summed E-state index contributed by atoms with van der Waals surface area (Å²) >= 11 is 5.62. The fourth-order valence-electron chi connectivity index (χ4n) is 1.96. The Morgan fingerprint density at radius 1 is 1.22 bits per heavy atom. The van der Waals surface area contributed by atoms with E-state index >= 15 is 0 Å². The van der Waals surface area contributed by atoms with Crippen LogP contribution in [0.3, 0.4) is 0 Å². The topological polar surface area (TPSA) is 20.2 Å². The summed E-state index contributed by atoms with van der Waals surface area (Å²) in [6.07, 6.45) is -0.259. The van der Waals surface area contributed by atoms with Gasteiger partial charge in [-0.1, -0.05) is 41.9 Å². The lowest BCUT2D eigenvalue weighted by atomic mass is 9.98. The van der Waals surface area contributed by atoms with E-state index in [-0.39, 0.29) is 5.02 Å². The van der Waals surface area contributed by atoms with E-state index in [4.69, 9.17) is 11.6 Å². The predicted octanol–water partition coefficient (Wildman–Crippen LogP) is 4.06. The van der Waals surface area contributed by atoms with Gasteiger partial charge in [0.2, 0.25) is 0 Å². The molecule has 0 aliphatic rings. The minimum absolute atomic E-state index is 0.101. The molecule has 1 unspecified atom stereocenters. The Bertz CT molecular complexity index is 554. The van der Waals surface area contributed by atoms with Crippen LogP contribution in [0.2, 0.25) is 5.02 Å². The van der Waals surface area contributed by atoms with Crippen molar-refractivity contribution in [3.63, 3.8) is 0 Å². The van der Waals surface area contributed by atoms with Gasteiger partial charge >= 0.3 is 0 Å². The minimum Gasteiger partial charge on any atom is -0.388 e. The molecule has 0 amide bonds. The first kappa shape index (κ1) is 13.1. The zero-order valence-corrected chi connectivity index (χ0v) is 10.8. The third-order valence-corrected chi connectivity index (χ3v) is 3.27. The highest BCUT2D eigenvalue weighted by molar-refractivity contribution is 6.30. The van der Waals surface area contributed by atoms with Gasteiger partial charge in [-0.25, -0.2) is 4.39 Å². The van der Waals surface area contributed by atoms with E-state index in [0.29, 0.717) is 6.42 Å². The van der Waals surface area contributed by atoms with Gasteiger partial charge in [-0.2, -0.15) is 0 Å². The van der Waals surface area contributed by atoms with Gasteiger partial charge in [0.1, 0.15) is 5.82 Å². The molecule has 0 aromatic heterocycles. The first-order chi connectivity index (χ1) is 8.58. The van der Waals surface area contributed by atoms with Gasteiger partial charge in [0.15, 0.2) is 0 Å². The van der Waals surface area contributed by atoms with E-state index in [9.17, 15) is 9.50 Å². The smallest absolute Gasteiger partial charge is 0.142 e. The van der Waals surface area contributed by atoms with E-state index in [1.54, 1.807) is 6.07 Å². The summed E-state index contributed by atoms with van der Waals surface area (Å²) in [6.45, 7) is 1.95. The molecule has 0 aliphatic heterocycles. The van der Waals surface area contributed by atoms with Crippen LogP contribution in [-0.2, 0) is 6.42 Å². The second-order valence-electron chi connectivity index (χ2n) is 4.32. The Hall–Kier alpha value is -1.38. The standard InChI is InChI=1S/C15H14ClFO/c1-10-4-2-3-5-12(10)15(18)9-11-6-7-13(16)14(17)8-11/h2-8,15,18H,9H2,1H3. The molecular formula is C15H14ClFO. The Balaban J connectivity index is 2.19. The van der Waals surface area contributed by atoms with E-state index in [0.717, 1.165) is 16.7 Å². The Kier molecular flexibility index (Phi) is 4.00. The van der Waals surface area contributed by atoms with Gasteiger partial charge < -0.3 is 5.11 Å². The number of benzene rings is 2. The van der Waals surface area contributed by atoms with Gasteiger partial charge in [0.05, 0.1) is 11.1 Å². The summed E-state index contributed by atoms with van der Waals surface area (Å²) in [4.78, 5) is 0. The van der Waals surface area contributed by atoms with Crippen molar-refractivity contribution in [2.75, 3.05) is 0 Å². The predicted molar refractivity (Wildman–Crippen MR) is 71.3 cm³/mol. The van der Waals surface area contributed by atoms with Crippen LogP contribution in [0.15, 0.2) is 42.5 Å². The molecule has 2 aromatic carbocycles. The number of hydrogen-bond acceptors (Lipinski definition) is 1. The molecule has 2 rings (SSSR count). The van der Waals surface area contributed by atoms with Crippen LogP contribution >= 0.6 is 11.6 Å². The average molecular weight is 265 g/mol. The normalized spacial score (nSPS) is 12.4. The second kappa shape index (κ2) is 5.51. The van der Waals surface area contributed by atoms with Gasteiger partial charge in [0.25, 0.3) is 0 Å². The monoisotopic (exact) mass is 264 g/mol. The largest absolute Gasteiger partial charge is 0.388 e. The molecule has 0 heterocycles. The lowest BCUT2D eigenvalue weighted by Gasteiger charge is -2.13. The molecule has 1 N–H and O–H groups in total. The summed E-state index contributed by atoms with van der Waals surface area (Å²) in [5.41, 5.74) is 2.62. The van der Waals surface area contributed by atoms with Crippen LogP contribution in [0.4, 0.5) is 4.39 Å². The number of aliphatic hydroxyl groups is 1. The molecule has 0 saturated carbocycles. The lowest BCUT2D eigenvalue weighted by Crippen LogP contribution is -2.04. The van der Waals surface area contributed by atoms with E-state index in [2.05, 4.69) is 0 Å².